The van der Waals surface area contributed by atoms with Crippen LogP contribution in [0.15, 0.2) is 4.99 Å². The molecule has 2 rings (SSSR count). The fraction of sp³-hybridized carbons (Fsp3) is 0.895. The molecule has 1 amide bonds. The maximum atomic E-state index is 12.2. The Kier molecular flexibility index (Phi) is 9.72. The minimum atomic E-state index is -0.0124. The molecular formula is C19H35ClN4O2. The van der Waals surface area contributed by atoms with Crippen LogP contribution >= 0.6 is 11.6 Å². The summed E-state index contributed by atoms with van der Waals surface area (Å²) in [5.41, 5.74) is 0. The monoisotopic (exact) mass is 386 g/mol. The van der Waals surface area contributed by atoms with E-state index in [4.69, 9.17) is 11.6 Å². The average Bonchev–Trinajstić information content (AvgIpc) is 3.33. The molecule has 7 heteroatoms. The number of rotatable bonds is 10. The fourth-order valence-corrected chi connectivity index (χ4v) is 4.17. The van der Waals surface area contributed by atoms with Crippen molar-refractivity contribution in [2.75, 3.05) is 38.9 Å². The summed E-state index contributed by atoms with van der Waals surface area (Å²) in [5, 5.41) is 13.2. The zero-order valence-corrected chi connectivity index (χ0v) is 16.9. The van der Waals surface area contributed by atoms with Crippen molar-refractivity contribution in [2.24, 2.45) is 10.9 Å². The lowest BCUT2D eigenvalue weighted by Gasteiger charge is -2.27. The van der Waals surface area contributed by atoms with Crippen molar-refractivity contribution in [1.82, 2.24) is 15.1 Å². The summed E-state index contributed by atoms with van der Waals surface area (Å²) in [7, 11) is 0. The Bertz CT molecular complexity index is 455. The van der Waals surface area contributed by atoms with Gasteiger partial charge in [0.05, 0.1) is 6.54 Å². The molecule has 150 valence electrons. The van der Waals surface area contributed by atoms with Gasteiger partial charge in [-0.25, -0.2) is 0 Å². The van der Waals surface area contributed by atoms with E-state index in [-0.39, 0.29) is 18.6 Å². The van der Waals surface area contributed by atoms with Crippen LogP contribution in [0.2, 0.25) is 0 Å². The molecule has 1 saturated carbocycles. The van der Waals surface area contributed by atoms with Gasteiger partial charge in [-0.2, -0.15) is 0 Å². The zero-order chi connectivity index (χ0) is 18.8. The number of likely N-dealkylation sites (tertiary alicyclic amines) is 1. The minimum Gasteiger partial charge on any atom is -0.376 e. The number of aliphatic hydroxyl groups excluding tert-OH is 1. The Morgan fingerprint density at radius 1 is 1.35 bits per heavy atom. The second-order valence-corrected chi connectivity index (χ2v) is 7.75. The van der Waals surface area contributed by atoms with Crippen LogP contribution in [0, 0.1) is 5.92 Å². The second kappa shape index (κ2) is 11.8. The van der Waals surface area contributed by atoms with Gasteiger partial charge in [0, 0.05) is 32.1 Å². The number of carbonyl (C=O) groups is 1. The second-order valence-electron chi connectivity index (χ2n) is 7.51. The van der Waals surface area contributed by atoms with E-state index >= 15 is 0 Å². The van der Waals surface area contributed by atoms with Crippen LogP contribution in [-0.4, -0.2) is 71.6 Å². The number of nitrogens with one attached hydrogen (secondary N) is 1. The number of aliphatic imine (C=N–C) groups is 1. The Hall–Kier alpha value is -0.850. The quantitative estimate of drug-likeness (QED) is 0.199. The molecule has 2 unspecified atom stereocenters. The molecule has 6 nitrogen and oxygen atoms in total. The van der Waals surface area contributed by atoms with Gasteiger partial charge in [-0.15, -0.1) is 11.6 Å². The summed E-state index contributed by atoms with van der Waals surface area (Å²) in [6.07, 6.45) is 8.55. The molecule has 0 aromatic heterocycles. The number of amides is 1. The third kappa shape index (κ3) is 6.71. The number of amidine groups is 1. The minimum absolute atomic E-state index is 0.0124. The molecule has 1 saturated heterocycles. The predicted molar refractivity (Wildman–Crippen MR) is 106 cm³/mol. The van der Waals surface area contributed by atoms with E-state index in [1.165, 1.54) is 0 Å². The van der Waals surface area contributed by atoms with Gasteiger partial charge < -0.3 is 20.2 Å². The first kappa shape index (κ1) is 21.5. The molecule has 0 radical (unpaired) electrons. The van der Waals surface area contributed by atoms with Crippen molar-refractivity contribution in [3.05, 3.63) is 0 Å². The van der Waals surface area contributed by atoms with Crippen molar-refractivity contribution in [3.63, 3.8) is 0 Å². The molecule has 0 aromatic rings. The summed E-state index contributed by atoms with van der Waals surface area (Å²) in [5.74, 6) is 1.67. The summed E-state index contributed by atoms with van der Waals surface area (Å²) in [6.45, 7) is 5.24. The lowest BCUT2D eigenvalue weighted by atomic mass is 10.1. The number of nitrogens with zero attached hydrogens (tertiary/aromatic N) is 3. The van der Waals surface area contributed by atoms with E-state index in [9.17, 15) is 9.90 Å². The lowest BCUT2D eigenvalue weighted by Crippen LogP contribution is -2.40. The molecule has 0 aromatic carbocycles. The van der Waals surface area contributed by atoms with E-state index in [0.29, 0.717) is 18.5 Å². The molecule has 1 heterocycles. The van der Waals surface area contributed by atoms with Crippen molar-refractivity contribution in [1.29, 1.82) is 0 Å². The topological polar surface area (TPSA) is 68.2 Å². The van der Waals surface area contributed by atoms with Gasteiger partial charge in [0.25, 0.3) is 0 Å². The predicted octanol–water partition coefficient (Wildman–Crippen LogP) is 2.40. The fourth-order valence-electron chi connectivity index (χ4n) is 4.03. The van der Waals surface area contributed by atoms with E-state index in [1.807, 2.05) is 9.80 Å². The Balaban J connectivity index is 1.75. The van der Waals surface area contributed by atoms with Gasteiger partial charge in [-0.3, -0.25) is 9.79 Å². The van der Waals surface area contributed by atoms with E-state index in [2.05, 4.69) is 17.2 Å². The number of hydrogen-bond acceptors (Lipinski definition) is 4. The van der Waals surface area contributed by atoms with Gasteiger partial charge in [-0.1, -0.05) is 13.3 Å². The molecule has 0 spiro atoms. The maximum Gasteiger partial charge on any atom is 0.236 e. The molecule has 26 heavy (non-hydrogen) atoms. The van der Waals surface area contributed by atoms with E-state index in [1.54, 1.807) is 0 Å². The number of aliphatic hydroxyl groups is 1. The molecule has 2 N–H and O–H groups in total. The summed E-state index contributed by atoms with van der Waals surface area (Å²) in [4.78, 5) is 20.5. The van der Waals surface area contributed by atoms with Crippen molar-refractivity contribution in [2.45, 2.75) is 64.3 Å². The third-order valence-corrected chi connectivity index (χ3v) is 5.67. The smallest absolute Gasteiger partial charge is 0.236 e. The molecule has 2 atom stereocenters. The van der Waals surface area contributed by atoms with Crippen LogP contribution in [0.25, 0.3) is 0 Å². The zero-order valence-electron chi connectivity index (χ0n) is 16.1. The largest absolute Gasteiger partial charge is 0.376 e. The number of hydrogen-bond donors (Lipinski definition) is 2. The highest BCUT2D eigenvalue weighted by atomic mass is 35.5. The molecule has 0 bridgehead atoms. The van der Waals surface area contributed by atoms with E-state index in [0.717, 1.165) is 76.8 Å². The Labute approximate surface area is 163 Å². The maximum absolute atomic E-state index is 12.2. The first-order chi connectivity index (χ1) is 12.7. The first-order valence-corrected chi connectivity index (χ1v) is 10.7. The summed E-state index contributed by atoms with van der Waals surface area (Å²) in [6, 6.07) is 0.638. The summed E-state index contributed by atoms with van der Waals surface area (Å²) < 4.78 is 0. The highest BCUT2D eigenvalue weighted by Crippen LogP contribution is 2.27. The molecule has 2 aliphatic rings. The normalized spacial score (nSPS) is 23.7. The number of halogens is 1. The number of alkyl halides is 1. The van der Waals surface area contributed by atoms with Crippen LogP contribution in [0.5, 0.6) is 0 Å². The number of carbonyl (C=O) groups excluding carboxylic acids is 1. The number of unbranched alkanes of at least 4 members (excludes halogenated alkanes) is 1. The van der Waals surface area contributed by atoms with Gasteiger partial charge in [0.1, 0.15) is 18.6 Å². The van der Waals surface area contributed by atoms with Crippen LogP contribution in [-0.2, 0) is 4.79 Å². The highest BCUT2D eigenvalue weighted by Gasteiger charge is 2.28. The molecule has 1 aliphatic carbocycles. The summed E-state index contributed by atoms with van der Waals surface area (Å²) >= 11 is 5.80. The van der Waals surface area contributed by atoms with Gasteiger partial charge in [0.15, 0.2) is 0 Å². The van der Waals surface area contributed by atoms with Crippen molar-refractivity contribution >= 4 is 23.3 Å². The standard InChI is InChI=1S/C19H35ClN4O2/c1-2-3-6-18(22-14-20)24(15-25)13-16-7-8-17(11-16)21-12-19(26)23-9-4-5-10-23/h16-17,21,25H,2-15H2,1H3/b22-18-. The van der Waals surface area contributed by atoms with Crippen LogP contribution < -0.4 is 5.32 Å². The molecule has 1 aliphatic heterocycles. The van der Waals surface area contributed by atoms with Gasteiger partial charge >= 0.3 is 0 Å². The van der Waals surface area contributed by atoms with Crippen molar-refractivity contribution in [3.8, 4) is 0 Å². The Morgan fingerprint density at radius 3 is 2.77 bits per heavy atom. The Morgan fingerprint density at radius 2 is 2.12 bits per heavy atom. The average molecular weight is 387 g/mol. The molecular weight excluding hydrogens is 352 g/mol. The van der Waals surface area contributed by atoms with Crippen LogP contribution in [0.3, 0.4) is 0 Å². The van der Waals surface area contributed by atoms with Gasteiger partial charge in [-0.05, 0) is 44.4 Å². The van der Waals surface area contributed by atoms with E-state index < -0.39 is 0 Å². The van der Waals surface area contributed by atoms with Crippen LogP contribution in [0.4, 0.5) is 0 Å². The van der Waals surface area contributed by atoms with Crippen molar-refractivity contribution < 1.29 is 9.90 Å². The first-order valence-electron chi connectivity index (χ1n) is 10.1. The lowest BCUT2D eigenvalue weighted by molar-refractivity contribution is -0.129. The SMILES string of the molecule is CCCC/C(=N/CCl)N(CO)CC1CCC(NCC(=O)N2CCCC2)C1. The molecule has 2 fully saturated rings. The van der Waals surface area contributed by atoms with Crippen LogP contribution in [0.1, 0.15) is 58.3 Å². The highest BCUT2D eigenvalue weighted by molar-refractivity contribution is 6.18. The third-order valence-electron chi connectivity index (χ3n) is 5.55. The van der Waals surface area contributed by atoms with Gasteiger partial charge in [0.2, 0.25) is 5.91 Å².